The average molecular weight is 377 g/mol. The van der Waals surface area contributed by atoms with Crippen molar-refractivity contribution in [1.29, 1.82) is 0 Å². The van der Waals surface area contributed by atoms with Crippen molar-refractivity contribution in [3.63, 3.8) is 0 Å². The number of nitrogens with one attached hydrogen (secondary N) is 1. The molecule has 0 spiro atoms. The van der Waals surface area contributed by atoms with Crippen LogP contribution in [0.4, 0.5) is 11.6 Å². The lowest BCUT2D eigenvalue weighted by atomic mass is 10.1. The first-order chi connectivity index (χ1) is 13.5. The average Bonchev–Trinajstić information content (AvgIpc) is 2.66. The lowest BCUT2D eigenvalue weighted by molar-refractivity contribution is -0.143. The number of carbonyl (C=O) groups is 1. The number of aromatic nitrogens is 4. The number of carbonyl (C=O) groups excluding carboxylic acids is 1. The molecule has 0 aliphatic rings. The van der Waals surface area contributed by atoms with Gasteiger partial charge in [0.15, 0.2) is 0 Å². The zero-order valence-electron chi connectivity index (χ0n) is 16.3. The van der Waals surface area contributed by atoms with Gasteiger partial charge in [-0.05, 0) is 56.7 Å². The molecule has 0 aliphatic heterocycles. The first kappa shape index (κ1) is 19.4. The molecule has 144 valence electrons. The van der Waals surface area contributed by atoms with Gasteiger partial charge in [0.25, 0.3) is 0 Å². The molecular weight excluding hydrogens is 354 g/mol. The number of nitrogens with zero attached hydrogens (tertiary/aromatic N) is 4. The van der Waals surface area contributed by atoms with Gasteiger partial charge < -0.3 is 10.1 Å². The Balaban J connectivity index is 1.80. The number of hydrogen-bond acceptors (Lipinski definition) is 7. The number of ether oxygens (including phenoxy) is 1. The topological polar surface area (TPSA) is 89.9 Å². The minimum Gasteiger partial charge on any atom is -0.466 e. The van der Waals surface area contributed by atoms with Crippen molar-refractivity contribution in [3.05, 3.63) is 59.8 Å². The SMILES string of the molecule is CCOC(=O)CCc1cc(-c2cc(C)cc(Nc3nccc(C)n3)c2)ncn1. The Morgan fingerprint density at radius 1 is 1.11 bits per heavy atom. The summed E-state index contributed by atoms with van der Waals surface area (Å²) in [7, 11) is 0. The van der Waals surface area contributed by atoms with Gasteiger partial charge >= 0.3 is 5.97 Å². The van der Waals surface area contributed by atoms with Gasteiger partial charge in [0.1, 0.15) is 6.33 Å². The monoisotopic (exact) mass is 377 g/mol. The molecule has 2 heterocycles. The van der Waals surface area contributed by atoms with Crippen molar-refractivity contribution >= 4 is 17.6 Å². The minimum atomic E-state index is -0.220. The van der Waals surface area contributed by atoms with E-state index < -0.39 is 0 Å². The lowest BCUT2D eigenvalue weighted by Gasteiger charge is -2.10. The fourth-order valence-corrected chi connectivity index (χ4v) is 2.80. The van der Waals surface area contributed by atoms with E-state index >= 15 is 0 Å². The van der Waals surface area contributed by atoms with Crippen molar-refractivity contribution < 1.29 is 9.53 Å². The van der Waals surface area contributed by atoms with E-state index in [-0.39, 0.29) is 5.97 Å². The van der Waals surface area contributed by atoms with Crippen LogP contribution in [0, 0.1) is 13.8 Å². The van der Waals surface area contributed by atoms with E-state index in [9.17, 15) is 4.79 Å². The van der Waals surface area contributed by atoms with Crippen LogP contribution >= 0.6 is 0 Å². The number of benzene rings is 1. The van der Waals surface area contributed by atoms with Crippen LogP contribution in [-0.4, -0.2) is 32.5 Å². The lowest BCUT2D eigenvalue weighted by Crippen LogP contribution is -2.06. The van der Waals surface area contributed by atoms with Crippen LogP contribution in [0.25, 0.3) is 11.3 Å². The second kappa shape index (κ2) is 9.03. The van der Waals surface area contributed by atoms with Crippen molar-refractivity contribution in [2.24, 2.45) is 0 Å². The van der Waals surface area contributed by atoms with Gasteiger partial charge in [0, 0.05) is 35.3 Å². The molecule has 1 aromatic carbocycles. The molecule has 3 aromatic rings. The smallest absolute Gasteiger partial charge is 0.306 e. The Morgan fingerprint density at radius 2 is 1.96 bits per heavy atom. The van der Waals surface area contributed by atoms with Gasteiger partial charge in [0.05, 0.1) is 18.7 Å². The van der Waals surface area contributed by atoms with Crippen molar-refractivity contribution in [3.8, 4) is 11.3 Å². The molecule has 28 heavy (non-hydrogen) atoms. The second-order valence-corrected chi connectivity index (χ2v) is 6.43. The Labute approximate surface area is 164 Å². The van der Waals surface area contributed by atoms with Gasteiger partial charge in [-0.3, -0.25) is 4.79 Å². The molecule has 0 aliphatic carbocycles. The third-order valence-electron chi connectivity index (χ3n) is 4.04. The summed E-state index contributed by atoms with van der Waals surface area (Å²) >= 11 is 0. The number of aryl methyl sites for hydroxylation is 3. The molecular formula is C21H23N5O2. The summed E-state index contributed by atoms with van der Waals surface area (Å²) in [5, 5.41) is 3.24. The van der Waals surface area contributed by atoms with Crippen LogP contribution in [0.15, 0.2) is 42.9 Å². The maximum Gasteiger partial charge on any atom is 0.306 e. The fraction of sp³-hybridized carbons (Fsp3) is 0.286. The number of rotatable bonds is 7. The highest BCUT2D eigenvalue weighted by Crippen LogP contribution is 2.25. The van der Waals surface area contributed by atoms with E-state index in [0.29, 0.717) is 25.4 Å². The van der Waals surface area contributed by atoms with Gasteiger partial charge in [0.2, 0.25) is 5.95 Å². The van der Waals surface area contributed by atoms with E-state index in [4.69, 9.17) is 4.74 Å². The van der Waals surface area contributed by atoms with Crippen molar-refractivity contribution in [2.45, 2.75) is 33.6 Å². The van der Waals surface area contributed by atoms with Gasteiger partial charge in [-0.1, -0.05) is 0 Å². The zero-order valence-corrected chi connectivity index (χ0v) is 16.3. The second-order valence-electron chi connectivity index (χ2n) is 6.43. The van der Waals surface area contributed by atoms with Crippen LogP contribution in [-0.2, 0) is 16.0 Å². The molecule has 0 unspecified atom stereocenters. The van der Waals surface area contributed by atoms with E-state index in [1.165, 1.54) is 6.33 Å². The normalized spacial score (nSPS) is 10.5. The van der Waals surface area contributed by atoms with E-state index in [0.717, 1.165) is 33.9 Å². The molecule has 0 radical (unpaired) electrons. The number of anilines is 2. The van der Waals surface area contributed by atoms with Gasteiger partial charge in [-0.15, -0.1) is 0 Å². The first-order valence-corrected chi connectivity index (χ1v) is 9.19. The molecule has 0 saturated carbocycles. The maximum absolute atomic E-state index is 11.6. The third-order valence-corrected chi connectivity index (χ3v) is 4.04. The molecule has 0 fully saturated rings. The number of hydrogen-bond donors (Lipinski definition) is 1. The summed E-state index contributed by atoms with van der Waals surface area (Å²) in [6.45, 7) is 6.13. The summed E-state index contributed by atoms with van der Waals surface area (Å²) in [4.78, 5) is 28.9. The zero-order chi connectivity index (χ0) is 19.9. The summed E-state index contributed by atoms with van der Waals surface area (Å²) < 4.78 is 4.97. The van der Waals surface area contributed by atoms with Crippen LogP contribution in [0.3, 0.4) is 0 Å². The Bertz CT molecular complexity index is 975. The van der Waals surface area contributed by atoms with Crippen LogP contribution in [0.2, 0.25) is 0 Å². The van der Waals surface area contributed by atoms with Crippen LogP contribution in [0.1, 0.15) is 30.3 Å². The predicted molar refractivity (Wildman–Crippen MR) is 107 cm³/mol. The van der Waals surface area contributed by atoms with Crippen LogP contribution in [0.5, 0.6) is 0 Å². The minimum absolute atomic E-state index is 0.220. The highest BCUT2D eigenvalue weighted by atomic mass is 16.5. The summed E-state index contributed by atoms with van der Waals surface area (Å²) in [5.74, 6) is 0.331. The largest absolute Gasteiger partial charge is 0.466 e. The fourth-order valence-electron chi connectivity index (χ4n) is 2.80. The predicted octanol–water partition coefficient (Wildman–Crippen LogP) is 3.79. The molecule has 7 nitrogen and oxygen atoms in total. The Morgan fingerprint density at radius 3 is 2.75 bits per heavy atom. The van der Waals surface area contributed by atoms with Crippen molar-refractivity contribution in [2.75, 3.05) is 11.9 Å². The van der Waals surface area contributed by atoms with E-state index in [2.05, 4.69) is 31.3 Å². The van der Waals surface area contributed by atoms with E-state index in [1.54, 1.807) is 13.1 Å². The highest BCUT2D eigenvalue weighted by molar-refractivity contribution is 5.70. The summed E-state index contributed by atoms with van der Waals surface area (Å²) in [6, 6.07) is 9.83. The Hall–Kier alpha value is -3.35. The standard InChI is InChI=1S/C21H23N5O2/c1-4-28-20(27)6-5-17-12-19(24-13-23-17)16-9-14(2)10-18(11-16)26-21-22-8-7-15(3)25-21/h7-13H,4-6H2,1-3H3,(H,22,25,26). The molecule has 7 heteroatoms. The molecule has 0 atom stereocenters. The molecule has 0 amide bonds. The molecule has 3 rings (SSSR count). The summed E-state index contributed by atoms with van der Waals surface area (Å²) in [5.41, 5.74) is 5.41. The first-order valence-electron chi connectivity index (χ1n) is 9.19. The molecule has 1 N–H and O–H groups in total. The van der Waals surface area contributed by atoms with E-state index in [1.807, 2.05) is 38.1 Å². The summed E-state index contributed by atoms with van der Waals surface area (Å²) in [6.07, 6.45) is 4.06. The Kier molecular flexibility index (Phi) is 6.26. The van der Waals surface area contributed by atoms with Crippen molar-refractivity contribution in [1.82, 2.24) is 19.9 Å². The molecule has 0 saturated heterocycles. The highest BCUT2D eigenvalue weighted by Gasteiger charge is 2.08. The quantitative estimate of drug-likeness (QED) is 0.627. The van der Waals surface area contributed by atoms with Gasteiger partial charge in [-0.2, -0.15) is 0 Å². The van der Waals surface area contributed by atoms with Gasteiger partial charge in [-0.25, -0.2) is 19.9 Å². The number of esters is 1. The third kappa shape index (κ3) is 5.33. The van der Waals surface area contributed by atoms with Crippen LogP contribution < -0.4 is 5.32 Å². The molecule has 2 aromatic heterocycles. The molecule has 0 bridgehead atoms. The maximum atomic E-state index is 11.6.